The van der Waals surface area contributed by atoms with Gasteiger partial charge in [-0.25, -0.2) is 4.90 Å². The summed E-state index contributed by atoms with van der Waals surface area (Å²) in [5.74, 6) is -3.01. The Balaban J connectivity index is 1.81. The second kappa shape index (κ2) is 9.97. The second-order valence-corrected chi connectivity index (χ2v) is 9.17. The highest BCUT2D eigenvalue weighted by molar-refractivity contribution is 7.10. The van der Waals surface area contributed by atoms with Crippen LogP contribution in [0.2, 0.25) is 0 Å². The van der Waals surface area contributed by atoms with Crippen LogP contribution in [0.25, 0.3) is 0 Å². The van der Waals surface area contributed by atoms with Gasteiger partial charge in [-0.2, -0.15) is 13.2 Å². The Kier molecular flexibility index (Phi) is 6.94. The van der Waals surface area contributed by atoms with Crippen molar-refractivity contribution in [3.63, 3.8) is 0 Å². The van der Waals surface area contributed by atoms with E-state index in [1.807, 2.05) is 0 Å². The van der Waals surface area contributed by atoms with E-state index in [0.29, 0.717) is 0 Å². The molecule has 0 fully saturated rings. The number of carbonyl (C=O) groups excluding carboxylic acids is 3. The van der Waals surface area contributed by atoms with Crippen LogP contribution in [-0.2, 0) is 9.59 Å². The van der Waals surface area contributed by atoms with Crippen LogP contribution >= 0.6 is 11.3 Å². The summed E-state index contributed by atoms with van der Waals surface area (Å²) in [6, 6.07) is 12.3. The number of carbonyl (C=O) groups is 3. The average Bonchev–Trinajstić information content (AvgIpc) is 3.45. The average molecular weight is 531 g/mol. The van der Waals surface area contributed by atoms with Crippen LogP contribution in [0.15, 0.2) is 77.4 Å². The van der Waals surface area contributed by atoms with Gasteiger partial charge in [-0.15, -0.1) is 11.3 Å². The fraction of sp³-hybridized carbons (Fsp3) is 0.160. The number of phenols is 1. The van der Waals surface area contributed by atoms with E-state index in [4.69, 9.17) is 0 Å². The fourth-order valence-corrected chi connectivity index (χ4v) is 4.50. The van der Waals surface area contributed by atoms with Gasteiger partial charge < -0.3 is 20.6 Å². The zero-order valence-corrected chi connectivity index (χ0v) is 20.4. The monoisotopic (exact) mass is 530 g/mol. The molecule has 0 saturated heterocycles. The minimum Gasteiger partial charge on any atom is -0.505 e. The largest absolute Gasteiger partial charge is 0.505 e. The van der Waals surface area contributed by atoms with Crippen LogP contribution in [0.4, 0.5) is 24.5 Å². The summed E-state index contributed by atoms with van der Waals surface area (Å²) >= 11 is 0.838. The molecule has 0 aliphatic carbocycles. The van der Waals surface area contributed by atoms with Gasteiger partial charge in [0.1, 0.15) is 11.4 Å². The van der Waals surface area contributed by atoms with Crippen molar-refractivity contribution in [1.29, 1.82) is 0 Å². The highest BCUT2D eigenvalue weighted by atomic mass is 32.1. The summed E-state index contributed by atoms with van der Waals surface area (Å²) in [6.07, 6.45) is -4.80. The first-order chi connectivity index (χ1) is 17.5. The molecule has 3 amide bonds. The van der Waals surface area contributed by atoms with Crippen molar-refractivity contribution in [2.24, 2.45) is 0 Å². The molecule has 1 aromatic heterocycles. The smallest absolute Gasteiger partial charge is 0.413 e. The molecule has 2 aromatic carbocycles. The first kappa shape index (κ1) is 25.8. The Hall–Kier alpha value is -4.32. The van der Waals surface area contributed by atoms with E-state index >= 15 is 0 Å². The standard InChI is InChI=1S/C25H21F3N4O4S/c1-31(2)22(34)15-10-6-11-16(20(15)33)29-18-19(30-21(25(26,27)28)17-12-7-13-37-17)24(36)32(23(18)35)14-8-4-3-5-9-14/h3-13,21,29-30,33H,1-2H3. The third-order valence-electron chi connectivity index (χ3n) is 5.47. The lowest BCUT2D eigenvalue weighted by Crippen LogP contribution is -2.38. The van der Waals surface area contributed by atoms with Crippen molar-refractivity contribution >= 4 is 40.4 Å². The molecule has 0 bridgehead atoms. The van der Waals surface area contributed by atoms with Crippen LogP contribution in [0.3, 0.4) is 0 Å². The zero-order chi connectivity index (χ0) is 26.9. The molecular weight excluding hydrogens is 509 g/mol. The van der Waals surface area contributed by atoms with Gasteiger partial charge in [-0.05, 0) is 35.7 Å². The minimum absolute atomic E-state index is 0.103. The number of alkyl halides is 3. The van der Waals surface area contributed by atoms with Crippen LogP contribution in [0.1, 0.15) is 21.3 Å². The summed E-state index contributed by atoms with van der Waals surface area (Å²) < 4.78 is 42.1. The molecule has 0 radical (unpaired) electrons. The molecule has 1 unspecified atom stereocenters. The van der Waals surface area contributed by atoms with Crippen molar-refractivity contribution in [2.75, 3.05) is 24.3 Å². The van der Waals surface area contributed by atoms with Crippen molar-refractivity contribution in [2.45, 2.75) is 12.2 Å². The topological polar surface area (TPSA) is 102 Å². The van der Waals surface area contributed by atoms with Gasteiger partial charge in [-0.1, -0.05) is 30.3 Å². The molecule has 0 saturated carbocycles. The molecule has 37 heavy (non-hydrogen) atoms. The maximum Gasteiger partial charge on any atom is 0.413 e. The van der Waals surface area contributed by atoms with Crippen molar-refractivity contribution < 1.29 is 32.7 Å². The number of anilines is 2. The zero-order valence-electron chi connectivity index (χ0n) is 19.5. The van der Waals surface area contributed by atoms with Crippen molar-refractivity contribution in [3.8, 4) is 5.75 Å². The van der Waals surface area contributed by atoms with Gasteiger partial charge in [-0.3, -0.25) is 14.4 Å². The number of aromatic hydroxyl groups is 1. The molecule has 2 heterocycles. The van der Waals surface area contributed by atoms with E-state index in [9.17, 15) is 32.7 Å². The Morgan fingerprint density at radius 3 is 2.24 bits per heavy atom. The minimum atomic E-state index is -4.80. The number of rotatable bonds is 7. The molecule has 4 rings (SSSR count). The number of halogens is 3. The van der Waals surface area contributed by atoms with Crippen LogP contribution in [0.5, 0.6) is 5.75 Å². The van der Waals surface area contributed by atoms with Crippen LogP contribution in [-0.4, -0.2) is 48.0 Å². The van der Waals surface area contributed by atoms with Gasteiger partial charge in [0.15, 0.2) is 11.8 Å². The molecule has 1 atom stereocenters. The van der Waals surface area contributed by atoms with E-state index in [-0.39, 0.29) is 21.8 Å². The highest BCUT2D eigenvalue weighted by Gasteiger charge is 2.47. The summed E-state index contributed by atoms with van der Waals surface area (Å²) in [5.41, 5.74) is -1.24. The van der Waals surface area contributed by atoms with Gasteiger partial charge in [0.2, 0.25) is 0 Å². The molecule has 8 nitrogen and oxygen atoms in total. The van der Waals surface area contributed by atoms with Gasteiger partial charge >= 0.3 is 6.18 Å². The Morgan fingerprint density at radius 1 is 0.973 bits per heavy atom. The van der Waals surface area contributed by atoms with E-state index in [1.54, 1.807) is 18.2 Å². The lowest BCUT2D eigenvalue weighted by molar-refractivity contribution is -0.155. The third kappa shape index (κ3) is 5.00. The molecule has 0 spiro atoms. The quantitative estimate of drug-likeness (QED) is 0.312. The molecule has 3 N–H and O–H groups in total. The molecule has 12 heteroatoms. The number of phenolic OH excluding ortho intramolecular Hbond substituents is 1. The number of hydrogen-bond acceptors (Lipinski definition) is 7. The third-order valence-corrected chi connectivity index (χ3v) is 6.41. The first-order valence-corrected chi connectivity index (χ1v) is 11.7. The molecule has 1 aliphatic heterocycles. The lowest BCUT2D eigenvalue weighted by atomic mass is 10.1. The summed E-state index contributed by atoms with van der Waals surface area (Å²) in [7, 11) is 2.95. The molecule has 3 aromatic rings. The number of benzene rings is 2. The number of nitrogens with one attached hydrogen (secondary N) is 2. The van der Waals surface area contributed by atoms with Gasteiger partial charge in [0.25, 0.3) is 17.7 Å². The van der Waals surface area contributed by atoms with E-state index < -0.39 is 47.1 Å². The number of nitrogens with zero attached hydrogens (tertiary/aromatic N) is 2. The Morgan fingerprint density at radius 2 is 1.65 bits per heavy atom. The molecule has 1 aliphatic rings. The SMILES string of the molecule is CN(C)C(=O)c1cccc(NC2=C(NC(c3cccs3)C(F)(F)F)C(=O)N(c3ccccc3)C2=O)c1O. The van der Waals surface area contributed by atoms with E-state index in [0.717, 1.165) is 16.2 Å². The maximum absolute atomic E-state index is 14.0. The normalized spacial score (nSPS) is 14.7. The van der Waals surface area contributed by atoms with Crippen molar-refractivity contribution in [3.05, 3.63) is 87.9 Å². The predicted molar refractivity (Wildman–Crippen MR) is 132 cm³/mol. The predicted octanol–water partition coefficient (Wildman–Crippen LogP) is 4.25. The molecule has 192 valence electrons. The maximum atomic E-state index is 14.0. The number of para-hydroxylation sites is 2. The number of thiophene rings is 1. The molecular formula is C25H21F3N4O4S. The number of amides is 3. The van der Waals surface area contributed by atoms with Gasteiger partial charge in [0, 0.05) is 19.0 Å². The number of hydrogen-bond donors (Lipinski definition) is 3. The van der Waals surface area contributed by atoms with E-state index in [2.05, 4.69) is 10.6 Å². The highest BCUT2D eigenvalue weighted by Crippen LogP contribution is 2.38. The summed E-state index contributed by atoms with van der Waals surface area (Å²) in [6.45, 7) is 0. The van der Waals surface area contributed by atoms with Crippen molar-refractivity contribution in [1.82, 2.24) is 10.2 Å². The van der Waals surface area contributed by atoms with Gasteiger partial charge in [0.05, 0.1) is 16.9 Å². The van der Waals surface area contributed by atoms with Crippen LogP contribution in [0, 0.1) is 0 Å². The second-order valence-electron chi connectivity index (χ2n) is 8.19. The summed E-state index contributed by atoms with van der Waals surface area (Å²) in [5, 5.41) is 17.0. The Bertz CT molecular complexity index is 1370. The first-order valence-electron chi connectivity index (χ1n) is 10.9. The van der Waals surface area contributed by atoms with Crippen LogP contribution < -0.4 is 15.5 Å². The fourth-order valence-electron chi connectivity index (χ4n) is 3.70. The Labute approximate surface area is 213 Å². The summed E-state index contributed by atoms with van der Waals surface area (Å²) in [4.78, 5) is 41.0. The lowest BCUT2D eigenvalue weighted by Gasteiger charge is -2.22. The number of imide groups is 1. The van der Waals surface area contributed by atoms with E-state index in [1.165, 1.54) is 66.8 Å².